The van der Waals surface area contributed by atoms with Crippen LogP contribution < -0.4 is 10.5 Å². The van der Waals surface area contributed by atoms with Crippen LogP contribution in [0.15, 0.2) is 15.7 Å². The second-order valence-electron chi connectivity index (χ2n) is 5.91. The van der Waals surface area contributed by atoms with E-state index in [-0.39, 0.29) is 21.0 Å². The molecule has 0 aliphatic heterocycles. The van der Waals surface area contributed by atoms with Crippen LogP contribution in [0.2, 0.25) is 0 Å². The highest BCUT2D eigenvalue weighted by molar-refractivity contribution is 7.92. The van der Waals surface area contributed by atoms with Crippen molar-refractivity contribution < 1.29 is 22.2 Å². The maximum atomic E-state index is 13.3. The molecule has 0 fully saturated rings. The summed E-state index contributed by atoms with van der Waals surface area (Å²) in [7, 11) is -3.62. The standard InChI is InChI=1S/C15H15F3N4O2S2/c1-7-11(8-3-2-4-10(8)21-12(7)15(16,17)18)22-13(23)9-5-6-25-14(9)26(19,20)24/h5-6H,2-4H2,1H3,(H3,19,20,24)(H,21,22,23). The van der Waals surface area contributed by atoms with E-state index in [1.165, 1.54) is 18.4 Å². The molecule has 0 spiro atoms. The Morgan fingerprint density at radius 3 is 2.73 bits per heavy atom. The molecule has 26 heavy (non-hydrogen) atoms. The van der Waals surface area contributed by atoms with E-state index >= 15 is 0 Å². The fourth-order valence-electron chi connectivity index (χ4n) is 3.01. The number of alkyl halides is 3. The molecule has 140 valence electrons. The van der Waals surface area contributed by atoms with Gasteiger partial charge in [-0.1, -0.05) is 0 Å². The summed E-state index contributed by atoms with van der Waals surface area (Å²) in [5.74, 6) is -0.747. The number of carbonyl (C=O) groups is 1. The molecule has 3 rings (SSSR count). The third-order valence-corrected chi connectivity index (χ3v) is 6.63. The third kappa shape index (κ3) is 3.33. The minimum Gasteiger partial charge on any atom is -0.321 e. The molecular weight excluding hydrogens is 389 g/mol. The topological polar surface area (TPSA) is 109 Å². The molecule has 0 radical (unpaired) electrons. The van der Waals surface area contributed by atoms with Crippen LogP contribution in [0.5, 0.6) is 0 Å². The Balaban J connectivity index is 2.07. The van der Waals surface area contributed by atoms with Crippen LogP contribution in [0.1, 0.15) is 39.3 Å². The molecule has 2 aromatic heterocycles. The molecule has 2 heterocycles. The smallest absolute Gasteiger partial charge is 0.321 e. The number of hydrogen-bond acceptors (Lipinski definition) is 5. The molecule has 1 unspecified atom stereocenters. The second kappa shape index (κ2) is 6.32. The van der Waals surface area contributed by atoms with E-state index in [0.717, 1.165) is 11.3 Å². The number of carbonyl (C=O) groups excluding carboxylic acids is 1. The highest BCUT2D eigenvalue weighted by Gasteiger charge is 2.38. The van der Waals surface area contributed by atoms with Crippen LogP contribution in [-0.2, 0) is 28.9 Å². The van der Waals surface area contributed by atoms with Crippen LogP contribution >= 0.6 is 11.3 Å². The van der Waals surface area contributed by atoms with Crippen LogP contribution in [0.25, 0.3) is 0 Å². The Bertz CT molecular complexity index is 997. The maximum Gasteiger partial charge on any atom is 0.433 e. The lowest BCUT2D eigenvalue weighted by Crippen LogP contribution is -2.21. The number of rotatable bonds is 3. The van der Waals surface area contributed by atoms with Crippen molar-refractivity contribution in [3.63, 3.8) is 0 Å². The molecule has 4 N–H and O–H groups in total. The van der Waals surface area contributed by atoms with Crippen molar-refractivity contribution >= 4 is 32.8 Å². The Hall–Kier alpha value is -1.98. The second-order valence-corrected chi connectivity index (χ2v) is 8.70. The van der Waals surface area contributed by atoms with Crippen molar-refractivity contribution in [3.8, 4) is 0 Å². The van der Waals surface area contributed by atoms with E-state index in [1.807, 2.05) is 0 Å². The lowest BCUT2D eigenvalue weighted by molar-refractivity contribution is -0.141. The van der Waals surface area contributed by atoms with Gasteiger partial charge in [-0.2, -0.15) is 13.2 Å². The summed E-state index contributed by atoms with van der Waals surface area (Å²) >= 11 is 0.891. The van der Waals surface area contributed by atoms with E-state index in [0.29, 0.717) is 30.5 Å². The quantitative estimate of drug-likeness (QED) is 0.728. The molecule has 1 aliphatic rings. The normalized spacial score (nSPS) is 16.2. The van der Waals surface area contributed by atoms with E-state index in [2.05, 4.69) is 10.3 Å². The zero-order valence-electron chi connectivity index (χ0n) is 13.6. The summed E-state index contributed by atoms with van der Waals surface area (Å²) < 4.78 is 59.0. The summed E-state index contributed by atoms with van der Waals surface area (Å²) in [5, 5.41) is 9.26. The zero-order valence-corrected chi connectivity index (χ0v) is 15.2. The molecule has 2 aromatic rings. The number of nitrogens with zero attached hydrogens (tertiary/aromatic N) is 1. The molecule has 1 atom stereocenters. The number of hydrogen-bond donors (Lipinski definition) is 3. The van der Waals surface area contributed by atoms with Crippen molar-refractivity contribution in [2.24, 2.45) is 5.14 Å². The van der Waals surface area contributed by atoms with Gasteiger partial charge in [0, 0.05) is 11.3 Å². The Morgan fingerprint density at radius 1 is 1.42 bits per heavy atom. The fraction of sp³-hybridized carbons (Fsp3) is 0.333. The third-order valence-electron chi connectivity index (χ3n) is 4.12. The van der Waals surface area contributed by atoms with E-state index in [1.54, 1.807) is 0 Å². The van der Waals surface area contributed by atoms with E-state index in [9.17, 15) is 22.2 Å². The number of amides is 1. The van der Waals surface area contributed by atoms with Gasteiger partial charge < -0.3 is 5.32 Å². The molecule has 11 heteroatoms. The average Bonchev–Trinajstić information content (AvgIpc) is 3.16. The summed E-state index contributed by atoms with van der Waals surface area (Å²) in [5.41, 5.74) is -0.277. The maximum absolute atomic E-state index is 13.3. The first-order valence-corrected chi connectivity index (χ1v) is 10.0. The Morgan fingerprint density at radius 2 is 2.12 bits per heavy atom. The van der Waals surface area contributed by atoms with Gasteiger partial charge in [-0.05, 0) is 43.2 Å². The molecule has 0 saturated carbocycles. The SMILES string of the molecule is Cc1c(C(F)(F)F)nc2c(c1NC(=O)c1ccsc1S(=N)(N)=O)CCC2. The van der Waals surface area contributed by atoms with Crippen molar-refractivity contribution in [2.45, 2.75) is 36.6 Å². The van der Waals surface area contributed by atoms with Gasteiger partial charge in [0.2, 0.25) is 0 Å². The van der Waals surface area contributed by atoms with Gasteiger partial charge in [-0.25, -0.2) is 19.1 Å². The summed E-state index contributed by atoms with van der Waals surface area (Å²) in [6.45, 7) is 1.26. The zero-order chi connectivity index (χ0) is 19.3. The van der Waals surface area contributed by atoms with Gasteiger partial charge in [0.05, 0.1) is 11.3 Å². The van der Waals surface area contributed by atoms with Gasteiger partial charge in [0.25, 0.3) is 5.91 Å². The monoisotopic (exact) mass is 404 g/mol. The lowest BCUT2D eigenvalue weighted by Gasteiger charge is -2.18. The van der Waals surface area contributed by atoms with Crippen molar-refractivity contribution in [2.75, 3.05) is 5.32 Å². The number of aromatic nitrogens is 1. The highest BCUT2D eigenvalue weighted by Crippen LogP contribution is 2.39. The minimum absolute atomic E-state index is 0.0750. The van der Waals surface area contributed by atoms with Crippen molar-refractivity contribution in [3.05, 3.63) is 39.5 Å². The van der Waals surface area contributed by atoms with Gasteiger partial charge >= 0.3 is 6.18 Å². The van der Waals surface area contributed by atoms with Crippen molar-refractivity contribution in [1.82, 2.24) is 4.98 Å². The van der Waals surface area contributed by atoms with Crippen LogP contribution in [-0.4, -0.2) is 15.1 Å². The number of thiophene rings is 1. The van der Waals surface area contributed by atoms with Crippen LogP contribution in [0.4, 0.5) is 18.9 Å². The number of fused-ring (bicyclic) bond motifs is 1. The molecule has 1 amide bonds. The molecular formula is C15H15F3N4O2S2. The molecule has 0 saturated heterocycles. The molecule has 0 bridgehead atoms. The number of nitrogens with two attached hydrogens (primary N) is 1. The Labute approximate surface area is 151 Å². The first kappa shape index (κ1) is 18.8. The molecule has 1 aliphatic carbocycles. The number of aryl methyl sites for hydroxylation is 1. The van der Waals surface area contributed by atoms with Gasteiger partial charge in [-0.3, -0.25) is 4.79 Å². The van der Waals surface area contributed by atoms with Crippen molar-refractivity contribution in [1.29, 1.82) is 4.78 Å². The number of halogens is 3. The average molecular weight is 404 g/mol. The fourth-order valence-corrected chi connectivity index (χ4v) is 4.85. The lowest BCUT2D eigenvalue weighted by atomic mass is 10.0. The summed E-state index contributed by atoms with van der Waals surface area (Å²) in [6, 6.07) is 1.35. The van der Waals surface area contributed by atoms with Crippen LogP contribution in [0.3, 0.4) is 0 Å². The predicted octanol–water partition coefficient (Wildman–Crippen LogP) is 3.49. The van der Waals surface area contributed by atoms with E-state index in [4.69, 9.17) is 9.92 Å². The first-order valence-electron chi connectivity index (χ1n) is 7.55. The van der Waals surface area contributed by atoms with Gasteiger partial charge in [0.15, 0.2) is 0 Å². The number of pyridine rings is 1. The summed E-state index contributed by atoms with van der Waals surface area (Å²) in [6.07, 6.45) is -3.06. The van der Waals surface area contributed by atoms with Gasteiger partial charge in [-0.15, -0.1) is 11.3 Å². The minimum atomic E-state index is -4.64. The molecule has 6 nitrogen and oxygen atoms in total. The van der Waals surface area contributed by atoms with Crippen LogP contribution in [0, 0.1) is 11.7 Å². The Kier molecular flexibility index (Phi) is 4.57. The number of anilines is 1. The first-order chi connectivity index (χ1) is 12.0. The predicted molar refractivity (Wildman–Crippen MR) is 91.6 cm³/mol. The van der Waals surface area contributed by atoms with E-state index < -0.39 is 27.7 Å². The number of nitrogens with one attached hydrogen (secondary N) is 2. The molecule has 0 aromatic carbocycles. The largest absolute Gasteiger partial charge is 0.433 e. The summed E-state index contributed by atoms with van der Waals surface area (Å²) in [4.78, 5) is 16.3. The van der Waals surface area contributed by atoms with Gasteiger partial charge in [0.1, 0.15) is 19.8 Å². The highest BCUT2D eigenvalue weighted by atomic mass is 32.2.